The van der Waals surface area contributed by atoms with Crippen molar-refractivity contribution in [3.8, 4) is 0 Å². The predicted octanol–water partition coefficient (Wildman–Crippen LogP) is 4.98. The van der Waals surface area contributed by atoms with Crippen molar-refractivity contribution in [3.63, 3.8) is 0 Å². The molecular weight excluding hydrogens is 484 g/mol. The van der Waals surface area contributed by atoms with E-state index in [2.05, 4.69) is 32.0 Å². The molecule has 0 spiro atoms. The van der Waals surface area contributed by atoms with Gasteiger partial charge in [0.2, 0.25) is 0 Å². The van der Waals surface area contributed by atoms with Crippen molar-refractivity contribution in [3.05, 3.63) is 94.1 Å². The van der Waals surface area contributed by atoms with Gasteiger partial charge in [0, 0.05) is 21.2 Å². The molecule has 3 N–H and O–H groups in total. The molecule has 0 aliphatic rings. The predicted molar refractivity (Wildman–Crippen MR) is 133 cm³/mol. The zero-order valence-electron chi connectivity index (χ0n) is 18.0. The van der Waals surface area contributed by atoms with Crippen LogP contribution < -0.4 is 16.1 Å². The summed E-state index contributed by atoms with van der Waals surface area (Å²) in [6, 6.07) is 21.4. The fourth-order valence-electron chi connectivity index (χ4n) is 3.58. The quantitative estimate of drug-likeness (QED) is 0.342. The lowest BCUT2D eigenvalue weighted by Crippen LogP contribution is -2.36. The van der Waals surface area contributed by atoms with Crippen LogP contribution in [0.25, 0.3) is 10.9 Å². The Bertz CT molecular complexity index is 1360. The summed E-state index contributed by atoms with van der Waals surface area (Å²) in [5.74, 6) is -2.17. The summed E-state index contributed by atoms with van der Waals surface area (Å²) in [7, 11) is 0. The second kappa shape index (κ2) is 9.30. The Morgan fingerprint density at radius 2 is 1.45 bits per heavy atom. The third-order valence-corrected chi connectivity index (χ3v) is 5.42. The molecule has 33 heavy (non-hydrogen) atoms. The lowest BCUT2D eigenvalue weighted by Gasteiger charge is -2.13. The van der Waals surface area contributed by atoms with Crippen LogP contribution in [0.5, 0.6) is 0 Å². The highest BCUT2D eigenvalue weighted by Gasteiger charge is 2.21. The molecule has 166 valence electrons. The van der Waals surface area contributed by atoms with Gasteiger partial charge in [0.05, 0.1) is 5.52 Å². The third-order valence-electron chi connectivity index (χ3n) is 4.93. The van der Waals surface area contributed by atoms with Gasteiger partial charge in [-0.1, -0.05) is 40.2 Å². The first-order valence-corrected chi connectivity index (χ1v) is 11.0. The monoisotopic (exact) mass is 504 g/mol. The average Bonchev–Trinajstić information content (AvgIpc) is 3.11. The van der Waals surface area contributed by atoms with Crippen LogP contribution in [0.15, 0.2) is 77.3 Å². The van der Waals surface area contributed by atoms with Gasteiger partial charge >= 0.3 is 11.8 Å². The van der Waals surface area contributed by atoms with Crippen LogP contribution in [-0.4, -0.2) is 22.4 Å². The number of para-hydroxylation sites is 1. The SMILES string of the molecule is Cc1cc(C)cc(NC(=O)c2cc3cc(Br)ccc3n2NC(=O)C(=O)Nc2ccccc2)c1. The van der Waals surface area contributed by atoms with Gasteiger partial charge in [-0.2, -0.15) is 0 Å². The van der Waals surface area contributed by atoms with Crippen molar-refractivity contribution in [2.24, 2.45) is 0 Å². The maximum Gasteiger partial charge on any atom is 0.328 e. The van der Waals surface area contributed by atoms with E-state index in [1.165, 1.54) is 4.68 Å². The van der Waals surface area contributed by atoms with E-state index in [1.807, 2.05) is 38.1 Å². The molecule has 0 saturated heterocycles. The van der Waals surface area contributed by atoms with E-state index in [9.17, 15) is 14.4 Å². The van der Waals surface area contributed by atoms with Crippen molar-refractivity contribution in [2.75, 3.05) is 16.1 Å². The minimum atomic E-state index is -0.903. The number of amides is 3. The smallest absolute Gasteiger partial charge is 0.321 e. The van der Waals surface area contributed by atoms with Gasteiger partial charge in [0.25, 0.3) is 5.91 Å². The van der Waals surface area contributed by atoms with Gasteiger partial charge in [-0.3, -0.25) is 19.8 Å². The molecule has 0 aliphatic carbocycles. The lowest BCUT2D eigenvalue weighted by molar-refractivity contribution is -0.133. The van der Waals surface area contributed by atoms with Gasteiger partial charge in [-0.25, -0.2) is 4.68 Å². The maximum atomic E-state index is 13.2. The van der Waals surface area contributed by atoms with E-state index in [0.717, 1.165) is 21.0 Å². The molecule has 3 amide bonds. The number of carbonyl (C=O) groups excluding carboxylic acids is 3. The summed E-state index contributed by atoms with van der Waals surface area (Å²) < 4.78 is 2.15. The number of anilines is 2. The lowest BCUT2D eigenvalue weighted by atomic mass is 10.1. The first-order valence-electron chi connectivity index (χ1n) is 10.2. The van der Waals surface area contributed by atoms with E-state index < -0.39 is 17.7 Å². The second-order valence-electron chi connectivity index (χ2n) is 7.66. The van der Waals surface area contributed by atoms with Crippen LogP contribution in [0.4, 0.5) is 11.4 Å². The highest BCUT2D eigenvalue weighted by atomic mass is 79.9. The standard InChI is InChI=1S/C25H21BrN4O3/c1-15-10-16(2)12-20(11-15)28-23(31)22-14-17-13-18(26)8-9-21(17)30(22)29-25(33)24(32)27-19-6-4-3-5-7-19/h3-14H,1-2H3,(H,27,32)(H,28,31)(H,29,33). The summed E-state index contributed by atoms with van der Waals surface area (Å²) in [5.41, 5.74) is 6.47. The highest BCUT2D eigenvalue weighted by molar-refractivity contribution is 9.10. The van der Waals surface area contributed by atoms with Gasteiger partial charge in [0.1, 0.15) is 5.69 Å². The molecule has 1 aromatic heterocycles. The first kappa shape index (κ1) is 22.3. The van der Waals surface area contributed by atoms with Gasteiger partial charge in [-0.15, -0.1) is 0 Å². The van der Waals surface area contributed by atoms with Crippen LogP contribution in [0, 0.1) is 13.8 Å². The number of carbonyl (C=O) groups is 3. The molecule has 0 radical (unpaired) electrons. The summed E-state index contributed by atoms with van der Waals surface area (Å²) >= 11 is 3.42. The highest BCUT2D eigenvalue weighted by Crippen LogP contribution is 2.24. The van der Waals surface area contributed by atoms with E-state index in [1.54, 1.807) is 48.5 Å². The van der Waals surface area contributed by atoms with Gasteiger partial charge in [-0.05, 0) is 73.5 Å². The summed E-state index contributed by atoms with van der Waals surface area (Å²) in [6.07, 6.45) is 0. The number of benzene rings is 3. The minimum absolute atomic E-state index is 0.183. The normalized spacial score (nSPS) is 10.6. The number of fused-ring (bicyclic) bond motifs is 1. The van der Waals surface area contributed by atoms with Crippen LogP contribution in [-0.2, 0) is 9.59 Å². The number of nitrogens with zero attached hydrogens (tertiary/aromatic N) is 1. The zero-order valence-corrected chi connectivity index (χ0v) is 19.6. The topological polar surface area (TPSA) is 92.2 Å². The van der Waals surface area contributed by atoms with Crippen LogP contribution in [0.2, 0.25) is 0 Å². The summed E-state index contributed by atoms with van der Waals surface area (Å²) in [6.45, 7) is 3.89. The number of aryl methyl sites for hydroxylation is 2. The molecule has 0 atom stereocenters. The molecule has 7 nitrogen and oxygen atoms in total. The van der Waals surface area contributed by atoms with Crippen LogP contribution in [0.3, 0.4) is 0 Å². The van der Waals surface area contributed by atoms with Crippen molar-refractivity contribution >= 4 is 55.9 Å². The Morgan fingerprint density at radius 3 is 2.15 bits per heavy atom. The number of hydrogen-bond acceptors (Lipinski definition) is 3. The van der Waals surface area contributed by atoms with Crippen LogP contribution >= 0.6 is 15.9 Å². The van der Waals surface area contributed by atoms with Crippen molar-refractivity contribution < 1.29 is 14.4 Å². The van der Waals surface area contributed by atoms with E-state index in [-0.39, 0.29) is 5.69 Å². The van der Waals surface area contributed by atoms with Gasteiger partial charge in [0.15, 0.2) is 0 Å². The fourth-order valence-corrected chi connectivity index (χ4v) is 3.96. The van der Waals surface area contributed by atoms with E-state index in [4.69, 9.17) is 0 Å². The van der Waals surface area contributed by atoms with Crippen molar-refractivity contribution in [1.29, 1.82) is 0 Å². The fraction of sp³-hybridized carbons (Fsp3) is 0.0800. The molecule has 4 rings (SSSR count). The van der Waals surface area contributed by atoms with Crippen LogP contribution in [0.1, 0.15) is 21.6 Å². The first-order chi connectivity index (χ1) is 15.8. The molecule has 0 saturated carbocycles. The Kier molecular flexibility index (Phi) is 6.28. The number of aromatic nitrogens is 1. The maximum absolute atomic E-state index is 13.2. The molecule has 0 fully saturated rings. The second-order valence-corrected chi connectivity index (χ2v) is 8.58. The number of nitrogens with one attached hydrogen (secondary N) is 3. The Morgan fingerprint density at radius 1 is 0.758 bits per heavy atom. The van der Waals surface area contributed by atoms with E-state index >= 15 is 0 Å². The molecule has 1 heterocycles. The molecule has 0 bridgehead atoms. The summed E-state index contributed by atoms with van der Waals surface area (Å²) in [4.78, 5) is 38.3. The Labute approximate surface area is 198 Å². The zero-order chi connectivity index (χ0) is 23.5. The molecular formula is C25H21BrN4O3. The number of hydrogen-bond donors (Lipinski definition) is 3. The van der Waals surface area contributed by atoms with Gasteiger partial charge < -0.3 is 10.6 Å². The molecule has 0 aliphatic heterocycles. The molecule has 3 aromatic carbocycles. The minimum Gasteiger partial charge on any atom is -0.321 e. The third kappa shape index (κ3) is 5.12. The average molecular weight is 505 g/mol. The molecule has 4 aromatic rings. The Hall–Kier alpha value is -3.91. The number of rotatable bonds is 4. The Balaban J connectivity index is 1.64. The summed E-state index contributed by atoms with van der Waals surface area (Å²) in [5, 5.41) is 6.14. The van der Waals surface area contributed by atoms with Crippen molar-refractivity contribution in [2.45, 2.75) is 13.8 Å². The van der Waals surface area contributed by atoms with Crippen molar-refractivity contribution in [1.82, 2.24) is 4.68 Å². The molecule has 0 unspecified atom stereocenters. The molecule has 8 heteroatoms. The van der Waals surface area contributed by atoms with E-state index in [0.29, 0.717) is 16.9 Å². The largest absolute Gasteiger partial charge is 0.328 e. The number of halogens is 1.